The van der Waals surface area contributed by atoms with Crippen molar-refractivity contribution in [3.05, 3.63) is 35.9 Å². The van der Waals surface area contributed by atoms with Crippen molar-refractivity contribution in [2.24, 2.45) is 5.92 Å². The lowest BCUT2D eigenvalue weighted by Crippen LogP contribution is -2.60. The van der Waals surface area contributed by atoms with Crippen molar-refractivity contribution in [3.8, 4) is 5.75 Å². The molecule has 6 atom stereocenters. The summed E-state index contributed by atoms with van der Waals surface area (Å²) in [5.74, 6) is -6.37. The van der Waals surface area contributed by atoms with Gasteiger partial charge in [0.05, 0.1) is 77.7 Å². The molecular weight excluding hydrogens is 1020 g/mol. The van der Waals surface area contributed by atoms with Crippen LogP contribution >= 0.6 is 0 Å². The Morgan fingerprint density at radius 1 is 0.707 bits per heavy atom. The van der Waals surface area contributed by atoms with Crippen LogP contribution in [0.2, 0.25) is 0 Å². The van der Waals surface area contributed by atoms with E-state index in [-0.39, 0.29) is 129 Å². The topological polar surface area (TPSA) is 409 Å². The van der Waals surface area contributed by atoms with Crippen molar-refractivity contribution in [2.45, 2.75) is 76.5 Å². The molecule has 0 spiro atoms. The number of aliphatic hydroxyl groups excluding tert-OH is 4. The standard InChI is InChI=1S/C45H68N6O23S/c1-28(2)44(63)72-25-29-3-4-32(73-45-42(61)41(60)40(59)33(24-52)74-45)30(23-29)49-35(54)7-10-46-37(56)26-71-16-12-48-43(62)31(27-75(64,65)66)50-36(55)9-14-67-17-19-69-21-22-70-20-18-68-15-11-47-34(53)8-13-51-38(57)5-6-39(51)58/h3-6,23,28,31,33,40-42,45,52,59-61H,7-22,24-27H2,1-2H3,(H,46,56)(H,47,53)(H,48,62)(H,49,54)(H,50,55)(H,64,65,66)/t31?,33-,40+,41+,42-,45-/m1/s1. The van der Waals surface area contributed by atoms with Gasteiger partial charge in [-0.05, 0) is 17.7 Å². The minimum absolute atomic E-state index is 0.00956. The maximum atomic E-state index is 13.0. The average molecular weight is 1090 g/mol. The Morgan fingerprint density at radius 2 is 1.31 bits per heavy atom. The maximum absolute atomic E-state index is 13.0. The summed E-state index contributed by atoms with van der Waals surface area (Å²) in [7, 11) is -4.73. The van der Waals surface area contributed by atoms with Crippen LogP contribution in [0, 0.1) is 5.92 Å². The summed E-state index contributed by atoms with van der Waals surface area (Å²) in [6, 6.07) is 2.60. The summed E-state index contributed by atoms with van der Waals surface area (Å²) >= 11 is 0. The monoisotopic (exact) mass is 1090 g/mol. The van der Waals surface area contributed by atoms with E-state index in [1.807, 2.05) is 0 Å². The van der Waals surface area contributed by atoms with Crippen molar-refractivity contribution in [1.82, 2.24) is 26.2 Å². The van der Waals surface area contributed by atoms with Gasteiger partial charge in [0.15, 0.2) is 0 Å². The van der Waals surface area contributed by atoms with Gasteiger partial charge in [-0.15, -0.1) is 0 Å². The van der Waals surface area contributed by atoms with Gasteiger partial charge in [0.2, 0.25) is 35.8 Å². The molecule has 1 aromatic carbocycles. The van der Waals surface area contributed by atoms with E-state index >= 15 is 0 Å². The summed E-state index contributed by atoms with van der Waals surface area (Å²) in [6.07, 6.45) is -6.30. The highest BCUT2D eigenvalue weighted by Gasteiger charge is 2.45. The molecule has 30 heteroatoms. The molecule has 1 unspecified atom stereocenters. The molecule has 2 aliphatic rings. The van der Waals surface area contributed by atoms with E-state index in [1.54, 1.807) is 13.8 Å². The summed E-state index contributed by atoms with van der Waals surface area (Å²) in [5, 5.41) is 52.6. The predicted octanol–water partition coefficient (Wildman–Crippen LogP) is -4.60. The number of esters is 1. The van der Waals surface area contributed by atoms with E-state index in [9.17, 15) is 71.8 Å². The van der Waals surface area contributed by atoms with Crippen molar-refractivity contribution in [2.75, 3.05) is 110 Å². The normalized spacial score (nSPS) is 18.9. The van der Waals surface area contributed by atoms with E-state index in [1.165, 1.54) is 18.2 Å². The molecule has 422 valence electrons. The van der Waals surface area contributed by atoms with E-state index in [0.717, 1.165) is 17.1 Å². The quantitative estimate of drug-likeness (QED) is 0.0130. The number of anilines is 1. The molecule has 2 aliphatic heterocycles. The molecular formula is C45H68N6O23S. The highest BCUT2D eigenvalue weighted by atomic mass is 32.2. The van der Waals surface area contributed by atoms with Crippen molar-refractivity contribution in [3.63, 3.8) is 0 Å². The van der Waals surface area contributed by atoms with Gasteiger partial charge in [-0.2, -0.15) is 8.42 Å². The molecule has 75 heavy (non-hydrogen) atoms. The third-order valence-corrected chi connectivity index (χ3v) is 11.1. The number of benzene rings is 1. The fourth-order valence-electron chi connectivity index (χ4n) is 6.39. The first-order chi connectivity index (χ1) is 35.7. The number of imide groups is 1. The number of hydrogen-bond donors (Lipinski definition) is 10. The largest absolute Gasteiger partial charge is 0.461 e. The van der Waals surface area contributed by atoms with Gasteiger partial charge >= 0.3 is 5.97 Å². The van der Waals surface area contributed by atoms with Crippen LogP contribution in [-0.2, 0) is 88.2 Å². The van der Waals surface area contributed by atoms with Gasteiger partial charge in [-0.3, -0.25) is 47.8 Å². The Morgan fingerprint density at radius 3 is 1.93 bits per heavy atom. The van der Waals surface area contributed by atoms with Crippen LogP contribution in [0.1, 0.15) is 38.7 Å². The second-order valence-corrected chi connectivity index (χ2v) is 18.2. The zero-order valence-electron chi connectivity index (χ0n) is 41.5. The third-order valence-electron chi connectivity index (χ3n) is 10.4. The predicted molar refractivity (Wildman–Crippen MR) is 255 cm³/mol. The van der Waals surface area contributed by atoms with Gasteiger partial charge in [0.25, 0.3) is 21.9 Å². The van der Waals surface area contributed by atoms with Crippen LogP contribution in [0.3, 0.4) is 0 Å². The summed E-state index contributed by atoms with van der Waals surface area (Å²) in [5.41, 5.74) is 0.442. The molecule has 1 saturated heterocycles. The Labute approximate surface area is 431 Å². The fourth-order valence-corrected chi connectivity index (χ4v) is 7.05. The van der Waals surface area contributed by atoms with Gasteiger partial charge in [-0.25, -0.2) is 0 Å². The number of nitrogens with zero attached hydrogens (tertiary/aromatic N) is 1. The highest BCUT2D eigenvalue weighted by molar-refractivity contribution is 7.85. The SMILES string of the molecule is CC(C)C(=O)OCc1ccc(O[C@@H]2O[C@H](CO)[C@H](O)[C@H](O)[C@H]2O)c(NC(=O)CCNC(=O)COCCNC(=O)C(CS(=O)(=O)O)NC(=O)CCOCCOCCOCCOCCNC(=O)CCN2C(=O)C=CC2=O)c1. The Balaban J connectivity index is 1.26. The zero-order chi connectivity index (χ0) is 55.3. The second kappa shape index (κ2) is 34.0. The lowest BCUT2D eigenvalue weighted by molar-refractivity contribution is -0.277. The van der Waals surface area contributed by atoms with Crippen molar-refractivity contribution >= 4 is 63.1 Å². The molecule has 3 rings (SSSR count). The van der Waals surface area contributed by atoms with E-state index < -0.39 is 113 Å². The number of ether oxygens (including phenoxy) is 8. The first kappa shape index (κ1) is 63.5. The second-order valence-electron chi connectivity index (χ2n) is 16.7. The average Bonchev–Trinajstić information content (AvgIpc) is 3.68. The van der Waals surface area contributed by atoms with Crippen LogP contribution in [-0.4, -0.2) is 227 Å². The number of nitrogens with one attached hydrogen (secondary N) is 5. The number of aliphatic hydroxyl groups is 4. The Hall–Kier alpha value is -5.77. The molecule has 2 heterocycles. The molecule has 7 amide bonds. The summed E-state index contributed by atoms with van der Waals surface area (Å²) in [6.45, 7) is 2.78. The molecule has 0 saturated carbocycles. The molecule has 29 nitrogen and oxygen atoms in total. The zero-order valence-corrected chi connectivity index (χ0v) is 42.3. The minimum Gasteiger partial charge on any atom is -0.461 e. The Kier molecular flexibility index (Phi) is 28.8. The molecule has 0 bridgehead atoms. The molecule has 1 fully saturated rings. The Bertz CT molecular complexity index is 2160. The van der Waals surface area contributed by atoms with Gasteiger partial charge in [0, 0.05) is 57.6 Å². The van der Waals surface area contributed by atoms with E-state index in [4.69, 9.17) is 37.9 Å². The smallest absolute Gasteiger partial charge is 0.308 e. The molecule has 0 aliphatic carbocycles. The van der Waals surface area contributed by atoms with Crippen LogP contribution in [0.15, 0.2) is 30.4 Å². The molecule has 1 aromatic rings. The number of rotatable bonds is 37. The van der Waals surface area contributed by atoms with Gasteiger partial charge in [0.1, 0.15) is 55.2 Å². The summed E-state index contributed by atoms with van der Waals surface area (Å²) in [4.78, 5) is 98.5. The number of carbonyl (C=O) groups is 8. The first-order valence-corrected chi connectivity index (χ1v) is 25.3. The summed E-state index contributed by atoms with van der Waals surface area (Å²) < 4.78 is 75.6. The van der Waals surface area contributed by atoms with Crippen molar-refractivity contribution < 1.29 is 110 Å². The van der Waals surface area contributed by atoms with Gasteiger partial charge < -0.3 is 84.9 Å². The number of amides is 7. The minimum atomic E-state index is -4.73. The third kappa shape index (κ3) is 25.1. The molecule has 0 aromatic heterocycles. The van der Waals surface area contributed by atoms with E-state index in [2.05, 4.69) is 26.6 Å². The van der Waals surface area contributed by atoms with Crippen LogP contribution in [0.5, 0.6) is 5.75 Å². The number of hydrogen-bond acceptors (Lipinski definition) is 22. The molecule has 0 radical (unpaired) electrons. The lowest BCUT2D eigenvalue weighted by Gasteiger charge is -2.39. The maximum Gasteiger partial charge on any atom is 0.308 e. The lowest BCUT2D eigenvalue weighted by atomic mass is 9.99. The highest BCUT2D eigenvalue weighted by Crippen LogP contribution is 2.31. The van der Waals surface area contributed by atoms with Crippen molar-refractivity contribution in [1.29, 1.82) is 0 Å². The van der Waals surface area contributed by atoms with Crippen LogP contribution in [0.4, 0.5) is 5.69 Å². The van der Waals surface area contributed by atoms with Crippen LogP contribution < -0.4 is 31.3 Å². The van der Waals surface area contributed by atoms with Crippen LogP contribution in [0.25, 0.3) is 0 Å². The fraction of sp³-hybridized carbons (Fsp3) is 0.644. The van der Waals surface area contributed by atoms with Gasteiger partial charge in [-0.1, -0.05) is 19.9 Å². The number of carbonyl (C=O) groups excluding carboxylic acids is 8. The first-order valence-electron chi connectivity index (χ1n) is 23.7. The molecule has 10 N–H and O–H groups in total. The van der Waals surface area contributed by atoms with E-state index in [0.29, 0.717) is 5.56 Å².